The Morgan fingerprint density at radius 3 is 1.71 bits per heavy atom. The summed E-state index contributed by atoms with van der Waals surface area (Å²) in [5.74, 6) is 0. The lowest BCUT2D eigenvalue weighted by molar-refractivity contribution is 0.661. The molecule has 2 heterocycles. The van der Waals surface area contributed by atoms with Crippen molar-refractivity contribution in [3.05, 3.63) is 205 Å². The van der Waals surface area contributed by atoms with Gasteiger partial charge in [-0.2, -0.15) is 0 Å². The van der Waals surface area contributed by atoms with E-state index in [0.717, 1.165) is 11.2 Å². The van der Waals surface area contributed by atoms with Gasteiger partial charge in [-0.25, -0.2) is 0 Å². The van der Waals surface area contributed by atoms with Crippen molar-refractivity contribution in [2.24, 2.45) is 0 Å². The molecule has 0 amide bonds. The highest BCUT2D eigenvalue weighted by atomic mass is 32.1. The van der Waals surface area contributed by atoms with Crippen molar-refractivity contribution in [1.82, 2.24) is 0 Å². The second-order valence-electron chi connectivity index (χ2n) is 17.9. The molecule has 0 unspecified atom stereocenters. The van der Waals surface area contributed by atoms with Gasteiger partial charge in [-0.3, -0.25) is 0 Å². The second-order valence-corrected chi connectivity index (χ2v) is 19.0. The smallest absolute Gasteiger partial charge is 0.136 e. The summed E-state index contributed by atoms with van der Waals surface area (Å²) >= 11 is 1.89. The Morgan fingerprint density at radius 1 is 0.349 bits per heavy atom. The van der Waals surface area contributed by atoms with Gasteiger partial charge in [-0.15, -0.1) is 11.3 Å². The van der Waals surface area contributed by atoms with Gasteiger partial charge < -0.3 is 4.42 Å². The van der Waals surface area contributed by atoms with Crippen molar-refractivity contribution in [3.63, 3.8) is 0 Å². The molecule has 0 N–H and O–H groups in total. The molecular formula is C61H38OS. The largest absolute Gasteiger partial charge is 0.456 e. The number of benzene rings is 11. The first-order valence-electron chi connectivity index (χ1n) is 21.9. The number of para-hydroxylation sites is 1. The van der Waals surface area contributed by atoms with Crippen molar-refractivity contribution < 1.29 is 4.42 Å². The molecular weight excluding hydrogens is 781 g/mol. The molecule has 1 aliphatic rings. The van der Waals surface area contributed by atoms with E-state index in [4.69, 9.17) is 4.42 Å². The Kier molecular flexibility index (Phi) is 7.12. The van der Waals surface area contributed by atoms with Gasteiger partial charge in [0.1, 0.15) is 11.2 Å². The predicted molar refractivity (Wildman–Crippen MR) is 271 cm³/mol. The number of hydrogen-bond donors (Lipinski definition) is 0. The lowest BCUT2D eigenvalue weighted by atomic mass is 9.80. The molecule has 14 rings (SSSR count). The van der Waals surface area contributed by atoms with Gasteiger partial charge in [0.15, 0.2) is 0 Å². The number of rotatable bonds is 3. The fourth-order valence-electron chi connectivity index (χ4n) is 11.2. The first kappa shape index (κ1) is 35.1. The fraction of sp³-hybridized carbons (Fsp3) is 0.0492. The van der Waals surface area contributed by atoms with Crippen LogP contribution in [-0.2, 0) is 5.41 Å². The monoisotopic (exact) mass is 818 g/mol. The van der Waals surface area contributed by atoms with E-state index in [-0.39, 0.29) is 5.41 Å². The number of furan rings is 1. The molecule has 1 aliphatic carbocycles. The highest BCUT2D eigenvalue weighted by Crippen LogP contribution is 2.53. The van der Waals surface area contributed by atoms with E-state index in [1.165, 1.54) is 130 Å². The molecule has 2 heteroatoms. The quantitative estimate of drug-likeness (QED) is 0.162. The third-order valence-corrected chi connectivity index (χ3v) is 15.5. The molecule has 13 aromatic rings. The average Bonchev–Trinajstić information content (AvgIpc) is 3.96. The Labute approximate surface area is 368 Å². The molecule has 0 bridgehead atoms. The molecule has 0 saturated carbocycles. The summed E-state index contributed by atoms with van der Waals surface area (Å²) < 4.78 is 8.89. The van der Waals surface area contributed by atoms with Crippen LogP contribution in [0.3, 0.4) is 0 Å². The van der Waals surface area contributed by atoms with E-state index in [9.17, 15) is 0 Å². The van der Waals surface area contributed by atoms with Gasteiger partial charge >= 0.3 is 0 Å². The summed E-state index contributed by atoms with van der Waals surface area (Å²) in [6.45, 7) is 4.82. The van der Waals surface area contributed by atoms with Crippen LogP contribution < -0.4 is 0 Å². The van der Waals surface area contributed by atoms with Gasteiger partial charge in [0.25, 0.3) is 0 Å². The Balaban J connectivity index is 0.887. The van der Waals surface area contributed by atoms with Crippen molar-refractivity contribution in [2.75, 3.05) is 0 Å². The van der Waals surface area contributed by atoms with E-state index < -0.39 is 0 Å². The normalized spacial score (nSPS) is 13.4. The molecule has 63 heavy (non-hydrogen) atoms. The molecule has 2 aromatic heterocycles. The minimum Gasteiger partial charge on any atom is -0.456 e. The molecule has 0 atom stereocenters. The zero-order valence-electron chi connectivity index (χ0n) is 34.8. The van der Waals surface area contributed by atoms with Crippen LogP contribution in [0.4, 0.5) is 0 Å². The highest BCUT2D eigenvalue weighted by molar-refractivity contribution is 7.26. The molecule has 0 radical (unpaired) electrons. The van der Waals surface area contributed by atoms with Gasteiger partial charge in [-0.05, 0) is 136 Å². The molecule has 11 aromatic carbocycles. The van der Waals surface area contributed by atoms with Crippen LogP contribution in [0.15, 0.2) is 199 Å². The summed E-state index contributed by atoms with van der Waals surface area (Å²) in [7, 11) is 0. The standard InChI is InChI=1S/C61H38OS/c1-61(2)53-31-37(36-25-29-57-52(30-36)49-28-23-38-33-56-51(34-50(38)60(49)63-57)43-15-9-10-21-55(43)62-56)22-26-41(53)42-27-24-39(32-54(42)61)58-45-16-5-7-18-47(45)59(48-19-8-6-17-46(48)58)44-20-11-13-35-12-3-4-14-40(35)44/h3-34H,1-2H3. The van der Waals surface area contributed by atoms with Gasteiger partial charge in [0.05, 0.1) is 0 Å². The van der Waals surface area contributed by atoms with Crippen LogP contribution in [0, 0.1) is 0 Å². The zero-order chi connectivity index (χ0) is 41.6. The second kappa shape index (κ2) is 12.8. The minimum atomic E-state index is -0.189. The molecule has 0 fully saturated rings. The van der Waals surface area contributed by atoms with E-state index in [0.29, 0.717) is 0 Å². The Bertz CT molecular complexity index is 4060. The lowest BCUT2D eigenvalue weighted by Crippen LogP contribution is -2.15. The van der Waals surface area contributed by atoms with Gasteiger partial charge in [-0.1, -0.05) is 166 Å². The van der Waals surface area contributed by atoms with Crippen molar-refractivity contribution in [1.29, 1.82) is 0 Å². The van der Waals surface area contributed by atoms with Crippen LogP contribution in [0.2, 0.25) is 0 Å². The average molecular weight is 819 g/mol. The number of fused-ring (bicyclic) bond motifs is 14. The maximum atomic E-state index is 6.25. The van der Waals surface area contributed by atoms with Crippen LogP contribution in [0.5, 0.6) is 0 Å². The van der Waals surface area contributed by atoms with E-state index in [2.05, 4.69) is 202 Å². The lowest BCUT2D eigenvalue weighted by Gasteiger charge is -2.23. The summed E-state index contributed by atoms with van der Waals surface area (Å²) in [6, 6.07) is 72.4. The SMILES string of the molecule is CC1(C)c2cc(-c3ccc4sc5c6cc7c(cc6ccc5c4c3)oc3ccccc37)ccc2-c2ccc(-c3c4ccccc4c(-c4cccc5ccccc45)c4ccccc34)cc21. The third kappa shape index (κ3) is 4.93. The van der Waals surface area contributed by atoms with E-state index >= 15 is 0 Å². The summed E-state index contributed by atoms with van der Waals surface area (Å²) in [5.41, 5.74) is 14.7. The zero-order valence-corrected chi connectivity index (χ0v) is 35.6. The third-order valence-electron chi connectivity index (χ3n) is 14.2. The van der Waals surface area contributed by atoms with Crippen molar-refractivity contribution in [2.45, 2.75) is 19.3 Å². The summed E-state index contributed by atoms with van der Waals surface area (Å²) in [4.78, 5) is 0. The molecule has 294 valence electrons. The van der Waals surface area contributed by atoms with Crippen LogP contribution in [0.25, 0.3) is 130 Å². The molecule has 1 nitrogen and oxygen atoms in total. The van der Waals surface area contributed by atoms with E-state index in [1.807, 2.05) is 17.4 Å². The number of thiophene rings is 1. The van der Waals surface area contributed by atoms with Crippen molar-refractivity contribution in [3.8, 4) is 44.5 Å². The van der Waals surface area contributed by atoms with Crippen LogP contribution >= 0.6 is 11.3 Å². The van der Waals surface area contributed by atoms with Crippen LogP contribution in [0.1, 0.15) is 25.0 Å². The Morgan fingerprint density at radius 2 is 0.952 bits per heavy atom. The Hall–Kier alpha value is -7.52. The molecule has 0 saturated heterocycles. The predicted octanol–water partition coefficient (Wildman–Crippen LogP) is 17.9. The topological polar surface area (TPSA) is 13.1 Å². The summed E-state index contributed by atoms with van der Waals surface area (Å²) in [5, 5.41) is 15.1. The van der Waals surface area contributed by atoms with Crippen LogP contribution in [-0.4, -0.2) is 0 Å². The highest BCUT2D eigenvalue weighted by Gasteiger charge is 2.36. The molecule has 0 aliphatic heterocycles. The van der Waals surface area contributed by atoms with Crippen molar-refractivity contribution >= 4 is 96.5 Å². The minimum absolute atomic E-state index is 0.189. The summed E-state index contributed by atoms with van der Waals surface area (Å²) in [6.07, 6.45) is 0. The fourth-order valence-corrected chi connectivity index (χ4v) is 12.4. The van der Waals surface area contributed by atoms with Gasteiger partial charge in [0.2, 0.25) is 0 Å². The molecule has 0 spiro atoms. The first-order valence-corrected chi connectivity index (χ1v) is 22.7. The van der Waals surface area contributed by atoms with Gasteiger partial charge in [0, 0.05) is 41.7 Å². The maximum Gasteiger partial charge on any atom is 0.136 e. The van der Waals surface area contributed by atoms with E-state index in [1.54, 1.807) is 0 Å². The maximum absolute atomic E-state index is 6.25. The first-order chi connectivity index (χ1) is 31.0. The number of hydrogen-bond acceptors (Lipinski definition) is 2.